The predicted molar refractivity (Wildman–Crippen MR) is 119 cm³/mol. The number of hydrogen-bond acceptors (Lipinski definition) is 5. The van der Waals surface area contributed by atoms with E-state index in [-0.39, 0.29) is 18.4 Å². The molecule has 166 valence electrons. The van der Waals surface area contributed by atoms with Gasteiger partial charge in [-0.15, -0.1) is 0 Å². The SMILES string of the molecule is CCOC(=O)Oc1ccc(C(=O)NCCCNC(=O)c2ccc(-n3cccc3)cc2)cc1. The highest BCUT2D eigenvalue weighted by atomic mass is 16.7. The van der Waals surface area contributed by atoms with Crippen molar-refractivity contribution in [2.24, 2.45) is 0 Å². The van der Waals surface area contributed by atoms with E-state index >= 15 is 0 Å². The molecule has 2 aromatic carbocycles. The van der Waals surface area contributed by atoms with Crippen molar-refractivity contribution in [3.05, 3.63) is 84.2 Å². The molecular formula is C24H25N3O5. The van der Waals surface area contributed by atoms with Gasteiger partial charge in [-0.3, -0.25) is 9.59 Å². The summed E-state index contributed by atoms with van der Waals surface area (Å²) in [6.07, 6.45) is 3.68. The monoisotopic (exact) mass is 435 g/mol. The molecule has 3 aromatic rings. The average molecular weight is 435 g/mol. The van der Waals surface area contributed by atoms with Crippen LogP contribution in [0, 0.1) is 0 Å². The molecule has 1 aromatic heterocycles. The molecule has 0 fully saturated rings. The number of nitrogens with zero attached hydrogens (tertiary/aromatic N) is 1. The summed E-state index contributed by atoms with van der Waals surface area (Å²) in [4.78, 5) is 35.7. The van der Waals surface area contributed by atoms with Gasteiger partial charge in [0.15, 0.2) is 0 Å². The lowest BCUT2D eigenvalue weighted by Crippen LogP contribution is -2.29. The quantitative estimate of drug-likeness (QED) is 0.304. The van der Waals surface area contributed by atoms with Crippen molar-refractivity contribution in [3.8, 4) is 11.4 Å². The Morgan fingerprint density at radius 1 is 0.812 bits per heavy atom. The molecule has 0 radical (unpaired) electrons. The largest absolute Gasteiger partial charge is 0.513 e. The predicted octanol–water partition coefficient (Wildman–Crippen LogP) is 3.56. The van der Waals surface area contributed by atoms with Crippen molar-refractivity contribution in [3.63, 3.8) is 0 Å². The van der Waals surface area contributed by atoms with Gasteiger partial charge < -0.3 is 24.7 Å². The Hall–Kier alpha value is -4.07. The summed E-state index contributed by atoms with van der Waals surface area (Å²) in [5, 5.41) is 5.64. The molecule has 32 heavy (non-hydrogen) atoms. The van der Waals surface area contributed by atoms with Gasteiger partial charge in [-0.1, -0.05) is 0 Å². The van der Waals surface area contributed by atoms with E-state index in [1.807, 2.05) is 41.2 Å². The van der Waals surface area contributed by atoms with Crippen LogP contribution < -0.4 is 15.4 Å². The molecule has 1 heterocycles. The van der Waals surface area contributed by atoms with Gasteiger partial charge in [0.05, 0.1) is 6.61 Å². The molecular weight excluding hydrogens is 410 g/mol. The summed E-state index contributed by atoms with van der Waals surface area (Å²) >= 11 is 0. The number of aromatic nitrogens is 1. The lowest BCUT2D eigenvalue weighted by Gasteiger charge is -2.09. The van der Waals surface area contributed by atoms with Gasteiger partial charge in [-0.05, 0) is 74.0 Å². The Labute approximate surface area is 186 Å². The molecule has 3 rings (SSSR count). The maximum Gasteiger partial charge on any atom is 0.513 e. The number of rotatable bonds is 9. The van der Waals surface area contributed by atoms with E-state index < -0.39 is 6.16 Å². The van der Waals surface area contributed by atoms with E-state index in [1.54, 1.807) is 31.2 Å². The van der Waals surface area contributed by atoms with E-state index in [2.05, 4.69) is 10.6 Å². The van der Waals surface area contributed by atoms with E-state index in [0.717, 1.165) is 5.69 Å². The number of nitrogens with one attached hydrogen (secondary N) is 2. The van der Waals surface area contributed by atoms with Crippen molar-refractivity contribution in [2.75, 3.05) is 19.7 Å². The van der Waals surface area contributed by atoms with Gasteiger partial charge in [0, 0.05) is 42.3 Å². The minimum absolute atomic E-state index is 0.160. The Morgan fingerprint density at radius 2 is 1.34 bits per heavy atom. The molecule has 0 aliphatic rings. The van der Waals surface area contributed by atoms with Gasteiger partial charge in [0.1, 0.15) is 5.75 Å². The molecule has 0 aliphatic heterocycles. The smallest absolute Gasteiger partial charge is 0.434 e. The maximum atomic E-state index is 12.3. The summed E-state index contributed by atoms with van der Waals surface area (Å²) in [7, 11) is 0. The molecule has 0 unspecified atom stereocenters. The third-order valence-corrected chi connectivity index (χ3v) is 4.54. The van der Waals surface area contributed by atoms with Crippen LogP contribution in [0.4, 0.5) is 4.79 Å². The zero-order chi connectivity index (χ0) is 22.8. The fraction of sp³-hybridized carbons (Fsp3) is 0.208. The number of ether oxygens (including phenoxy) is 2. The van der Waals surface area contributed by atoms with Crippen molar-refractivity contribution >= 4 is 18.0 Å². The fourth-order valence-corrected chi connectivity index (χ4v) is 2.91. The number of hydrogen-bond donors (Lipinski definition) is 2. The molecule has 2 N–H and O–H groups in total. The molecule has 8 nitrogen and oxygen atoms in total. The van der Waals surface area contributed by atoms with Gasteiger partial charge in [0.25, 0.3) is 11.8 Å². The normalized spacial score (nSPS) is 10.3. The molecule has 0 aliphatic carbocycles. The Morgan fingerprint density at radius 3 is 1.88 bits per heavy atom. The van der Waals surface area contributed by atoms with Gasteiger partial charge in [-0.2, -0.15) is 0 Å². The summed E-state index contributed by atoms with van der Waals surface area (Å²) in [5.41, 5.74) is 2.00. The van der Waals surface area contributed by atoms with Gasteiger partial charge in [0.2, 0.25) is 0 Å². The first-order valence-electron chi connectivity index (χ1n) is 10.3. The highest BCUT2D eigenvalue weighted by molar-refractivity contribution is 5.95. The lowest BCUT2D eigenvalue weighted by atomic mass is 10.2. The zero-order valence-electron chi connectivity index (χ0n) is 17.7. The fourth-order valence-electron chi connectivity index (χ4n) is 2.91. The third kappa shape index (κ3) is 6.46. The molecule has 2 amide bonds. The Bertz CT molecular complexity index is 1030. The summed E-state index contributed by atoms with van der Waals surface area (Å²) in [6.45, 7) is 2.75. The van der Waals surface area contributed by atoms with Crippen LogP contribution in [-0.2, 0) is 4.74 Å². The van der Waals surface area contributed by atoms with Crippen molar-refractivity contribution in [1.29, 1.82) is 0 Å². The first-order chi connectivity index (χ1) is 15.6. The highest BCUT2D eigenvalue weighted by Gasteiger charge is 2.09. The van der Waals surface area contributed by atoms with Crippen molar-refractivity contribution < 1.29 is 23.9 Å². The topological polar surface area (TPSA) is 98.7 Å². The number of amides is 2. The average Bonchev–Trinajstić information content (AvgIpc) is 3.34. The molecule has 8 heteroatoms. The molecule has 0 atom stereocenters. The van der Waals surface area contributed by atoms with E-state index in [0.29, 0.717) is 36.4 Å². The first kappa shape index (κ1) is 22.6. The molecule has 0 saturated carbocycles. The summed E-state index contributed by atoms with van der Waals surface area (Å²) in [5.74, 6) is -0.115. The van der Waals surface area contributed by atoms with Crippen LogP contribution in [0.3, 0.4) is 0 Å². The van der Waals surface area contributed by atoms with E-state index in [4.69, 9.17) is 9.47 Å². The maximum absolute atomic E-state index is 12.3. The Kier molecular flexibility index (Phi) is 8.02. The number of carbonyl (C=O) groups is 3. The standard InChI is InChI=1S/C24H25N3O5/c1-2-31-24(30)32-21-12-8-19(9-13-21)23(29)26-15-5-14-25-22(28)18-6-10-20(11-7-18)27-16-3-4-17-27/h3-4,6-13,16-17H,2,5,14-15H2,1H3,(H,25,28)(H,26,29). The van der Waals surface area contributed by atoms with Crippen molar-refractivity contribution in [1.82, 2.24) is 15.2 Å². The minimum Gasteiger partial charge on any atom is -0.434 e. The van der Waals surface area contributed by atoms with Crippen LogP contribution in [0.15, 0.2) is 73.1 Å². The molecule has 0 bridgehead atoms. The van der Waals surface area contributed by atoms with Crippen LogP contribution >= 0.6 is 0 Å². The van der Waals surface area contributed by atoms with Crippen LogP contribution in [0.1, 0.15) is 34.1 Å². The summed E-state index contributed by atoms with van der Waals surface area (Å²) < 4.78 is 11.6. The van der Waals surface area contributed by atoms with Gasteiger partial charge >= 0.3 is 6.16 Å². The molecule has 0 spiro atoms. The number of benzene rings is 2. The molecule has 0 saturated heterocycles. The lowest BCUT2D eigenvalue weighted by molar-refractivity contribution is 0.0951. The first-order valence-corrected chi connectivity index (χ1v) is 10.3. The van der Waals surface area contributed by atoms with Gasteiger partial charge in [-0.25, -0.2) is 4.79 Å². The van der Waals surface area contributed by atoms with Crippen molar-refractivity contribution in [2.45, 2.75) is 13.3 Å². The Balaban J connectivity index is 1.36. The zero-order valence-corrected chi connectivity index (χ0v) is 17.7. The third-order valence-electron chi connectivity index (χ3n) is 4.54. The number of carbonyl (C=O) groups excluding carboxylic acids is 3. The summed E-state index contributed by atoms with van der Waals surface area (Å²) in [6, 6.07) is 17.4. The van der Waals surface area contributed by atoms with Crippen LogP contribution in [0.25, 0.3) is 5.69 Å². The van der Waals surface area contributed by atoms with Crippen LogP contribution in [0.2, 0.25) is 0 Å². The van der Waals surface area contributed by atoms with E-state index in [9.17, 15) is 14.4 Å². The van der Waals surface area contributed by atoms with Crippen LogP contribution in [0.5, 0.6) is 5.75 Å². The second kappa shape index (κ2) is 11.4. The highest BCUT2D eigenvalue weighted by Crippen LogP contribution is 2.13. The minimum atomic E-state index is -0.788. The second-order valence-corrected chi connectivity index (χ2v) is 6.81. The second-order valence-electron chi connectivity index (χ2n) is 6.81. The van der Waals surface area contributed by atoms with E-state index in [1.165, 1.54) is 12.1 Å². The van der Waals surface area contributed by atoms with Crippen LogP contribution in [-0.4, -0.2) is 42.2 Å².